The zero-order valence-electron chi connectivity index (χ0n) is 23.0. The topological polar surface area (TPSA) is 71.1 Å². The Kier molecular flexibility index (Phi) is 9.74. The van der Waals surface area contributed by atoms with E-state index in [0.717, 1.165) is 38.5 Å². The van der Waals surface area contributed by atoms with Gasteiger partial charge in [-0.15, -0.1) is 0 Å². The maximum Gasteiger partial charge on any atom is 0.432 e. The summed E-state index contributed by atoms with van der Waals surface area (Å²) in [6, 6.07) is 18.1. The summed E-state index contributed by atoms with van der Waals surface area (Å²) in [6.45, 7) is 2.62. The molecule has 0 aliphatic heterocycles. The van der Waals surface area contributed by atoms with E-state index in [2.05, 4.69) is 0 Å². The first kappa shape index (κ1) is 32.6. The number of esters is 2. The molecule has 0 aromatic heterocycles. The van der Waals surface area contributed by atoms with Gasteiger partial charge >= 0.3 is 24.3 Å². The molecule has 0 saturated heterocycles. The van der Waals surface area contributed by atoms with E-state index >= 15 is 0 Å². The van der Waals surface area contributed by atoms with Crippen LogP contribution in [-0.4, -0.2) is 38.5 Å². The van der Waals surface area contributed by atoms with E-state index in [1.54, 1.807) is 0 Å². The van der Waals surface area contributed by atoms with Crippen LogP contribution in [0, 0.1) is 0 Å². The highest BCUT2D eigenvalue weighted by molar-refractivity contribution is 5.83. The quantitative estimate of drug-likeness (QED) is 0.183. The fraction of sp³-hybridized carbons (Fsp3) is 0.333. The van der Waals surface area contributed by atoms with Crippen LogP contribution in [0.25, 0.3) is 0 Å². The second kappa shape index (κ2) is 12.5. The highest BCUT2D eigenvalue weighted by Gasteiger charge is 2.65. The Hall–Kier alpha value is -3.90. The Morgan fingerprint density at radius 1 is 0.571 bits per heavy atom. The Bertz CT molecular complexity index is 1260. The van der Waals surface area contributed by atoms with Crippen molar-refractivity contribution in [2.45, 2.75) is 49.6 Å². The van der Waals surface area contributed by atoms with Crippen molar-refractivity contribution in [3.05, 3.63) is 107 Å². The maximum atomic E-state index is 14.2. The molecule has 2 unspecified atom stereocenters. The van der Waals surface area contributed by atoms with Crippen LogP contribution in [0.15, 0.2) is 84.9 Å². The van der Waals surface area contributed by atoms with Crippen LogP contribution in [0.2, 0.25) is 0 Å². The highest BCUT2D eigenvalue weighted by atomic mass is 19.4. The lowest BCUT2D eigenvalue weighted by Crippen LogP contribution is -2.52. The zero-order chi connectivity index (χ0) is 31.3. The molecule has 42 heavy (non-hydrogen) atoms. The molecule has 0 spiro atoms. The lowest BCUT2D eigenvalue weighted by atomic mass is 9.92. The molecule has 0 heterocycles. The molecule has 0 aliphatic rings. The number of methoxy groups -OCH3 is 2. The molecule has 0 bridgehead atoms. The van der Waals surface area contributed by atoms with Crippen molar-refractivity contribution >= 4 is 11.9 Å². The van der Waals surface area contributed by atoms with Crippen LogP contribution in [0.1, 0.15) is 48.3 Å². The molecule has 0 N–H and O–H groups in total. The van der Waals surface area contributed by atoms with Crippen molar-refractivity contribution in [2.24, 2.45) is 0 Å². The number of benzene rings is 3. The second-order valence-electron chi connectivity index (χ2n) is 9.26. The molecule has 0 saturated carbocycles. The van der Waals surface area contributed by atoms with Crippen LogP contribution in [-0.2, 0) is 39.7 Å². The summed E-state index contributed by atoms with van der Waals surface area (Å²) in [6.07, 6.45) is -12.9. The SMILES string of the molecule is COC(C(=O)O[C@@H](C)c1cccc([C@@H](C)OC(=O)C(OC)(c2ccccc2)C(F)(F)F)c1)(c1ccccc1)C(F)(F)F. The summed E-state index contributed by atoms with van der Waals surface area (Å²) in [4.78, 5) is 26.0. The summed E-state index contributed by atoms with van der Waals surface area (Å²) in [5, 5.41) is 0. The first-order chi connectivity index (χ1) is 19.7. The molecule has 12 heteroatoms. The number of rotatable bonds is 10. The van der Waals surface area contributed by atoms with Crippen molar-refractivity contribution < 1.29 is 54.9 Å². The third-order valence-electron chi connectivity index (χ3n) is 6.76. The number of hydrogen-bond donors (Lipinski definition) is 0. The molecule has 0 amide bonds. The Labute approximate surface area is 238 Å². The van der Waals surface area contributed by atoms with Gasteiger partial charge in [-0.1, -0.05) is 78.9 Å². The molecular formula is C30H28F6O6. The number of carbonyl (C=O) groups excluding carboxylic acids is 2. The Morgan fingerprint density at radius 2 is 0.905 bits per heavy atom. The molecule has 0 radical (unpaired) electrons. The van der Waals surface area contributed by atoms with E-state index in [4.69, 9.17) is 18.9 Å². The Balaban J connectivity index is 1.88. The standard InChI is InChI=1S/C30H28F6O6/c1-19(41-25(37)27(39-3,29(31,32)33)23-14-7-5-8-15-23)21-12-11-13-22(18-21)20(2)42-26(38)28(40-4,30(34,35)36)24-16-9-6-10-17-24/h5-20H,1-4H3/t19-,20+,27?,28?. The number of halogens is 6. The zero-order valence-corrected chi connectivity index (χ0v) is 23.0. The minimum Gasteiger partial charge on any atom is -0.455 e. The fourth-order valence-electron chi connectivity index (χ4n) is 4.46. The lowest BCUT2D eigenvalue weighted by Gasteiger charge is -2.33. The van der Waals surface area contributed by atoms with Gasteiger partial charge in [-0.3, -0.25) is 0 Å². The van der Waals surface area contributed by atoms with E-state index in [-0.39, 0.29) is 11.1 Å². The molecule has 3 aromatic rings. The van der Waals surface area contributed by atoms with Gasteiger partial charge in [-0.2, -0.15) is 26.3 Å². The molecular weight excluding hydrogens is 570 g/mol. The smallest absolute Gasteiger partial charge is 0.432 e. The molecule has 4 atom stereocenters. The van der Waals surface area contributed by atoms with Crippen molar-refractivity contribution in [1.82, 2.24) is 0 Å². The van der Waals surface area contributed by atoms with Gasteiger partial charge in [-0.05, 0) is 31.0 Å². The summed E-state index contributed by atoms with van der Waals surface area (Å²) < 4.78 is 105. The van der Waals surface area contributed by atoms with Crippen molar-refractivity contribution in [3.63, 3.8) is 0 Å². The minimum atomic E-state index is -5.18. The molecule has 0 fully saturated rings. The van der Waals surface area contributed by atoms with Crippen molar-refractivity contribution in [3.8, 4) is 0 Å². The lowest BCUT2D eigenvalue weighted by molar-refractivity contribution is -0.279. The summed E-state index contributed by atoms with van der Waals surface area (Å²) >= 11 is 0. The predicted octanol–water partition coefficient (Wildman–Crippen LogP) is 7.10. The third kappa shape index (κ3) is 6.00. The van der Waals surface area contributed by atoms with Crippen LogP contribution in [0.3, 0.4) is 0 Å². The number of ether oxygens (including phenoxy) is 4. The van der Waals surface area contributed by atoms with E-state index in [9.17, 15) is 35.9 Å². The minimum absolute atomic E-state index is 0.181. The van der Waals surface area contributed by atoms with Gasteiger partial charge in [0.15, 0.2) is 0 Å². The van der Waals surface area contributed by atoms with E-state index in [1.165, 1.54) is 74.5 Å². The summed E-state index contributed by atoms with van der Waals surface area (Å²) in [5.74, 6) is -3.45. The summed E-state index contributed by atoms with van der Waals surface area (Å²) in [5.41, 5.74) is -7.45. The molecule has 6 nitrogen and oxygen atoms in total. The van der Waals surface area contributed by atoms with Gasteiger partial charge in [0.25, 0.3) is 11.2 Å². The molecule has 3 rings (SSSR count). The fourth-order valence-corrected chi connectivity index (χ4v) is 4.46. The predicted molar refractivity (Wildman–Crippen MR) is 138 cm³/mol. The van der Waals surface area contributed by atoms with Gasteiger partial charge in [0, 0.05) is 25.3 Å². The average Bonchev–Trinajstić information content (AvgIpc) is 2.94. The van der Waals surface area contributed by atoms with E-state index in [0.29, 0.717) is 0 Å². The van der Waals surface area contributed by atoms with Crippen LogP contribution >= 0.6 is 0 Å². The van der Waals surface area contributed by atoms with Crippen molar-refractivity contribution in [2.75, 3.05) is 14.2 Å². The first-order valence-corrected chi connectivity index (χ1v) is 12.5. The number of carbonyl (C=O) groups is 2. The second-order valence-corrected chi connectivity index (χ2v) is 9.26. The normalized spacial score (nSPS) is 16.4. The van der Waals surface area contributed by atoms with Gasteiger partial charge in [-0.25, -0.2) is 9.59 Å². The van der Waals surface area contributed by atoms with E-state index < -0.39 is 58.8 Å². The Morgan fingerprint density at radius 3 is 1.19 bits per heavy atom. The monoisotopic (exact) mass is 598 g/mol. The van der Waals surface area contributed by atoms with Gasteiger partial charge in [0.2, 0.25) is 0 Å². The first-order valence-electron chi connectivity index (χ1n) is 12.5. The van der Waals surface area contributed by atoms with Gasteiger partial charge in [0.1, 0.15) is 12.2 Å². The third-order valence-corrected chi connectivity index (χ3v) is 6.76. The van der Waals surface area contributed by atoms with Gasteiger partial charge in [0.05, 0.1) is 0 Å². The summed E-state index contributed by atoms with van der Waals surface area (Å²) in [7, 11) is 1.47. The van der Waals surface area contributed by atoms with Gasteiger partial charge < -0.3 is 18.9 Å². The molecule has 0 aliphatic carbocycles. The van der Waals surface area contributed by atoms with Crippen LogP contribution in [0.5, 0.6) is 0 Å². The maximum absolute atomic E-state index is 14.2. The number of hydrogen-bond acceptors (Lipinski definition) is 6. The van der Waals surface area contributed by atoms with Crippen LogP contribution < -0.4 is 0 Å². The van der Waals surface area contributed by atoms with E-state index in [1.807, 2.05) is 0 Å². The molecule has 226 valence electrons. The van der Waals surface area contributed by atoms with Crippen molar-refractivity contribution in [1.29, 1.82) is 0 Å². The highest BCUT2D eigenvalue weighted by Crippen LogP contribution is 2.45. The largest absolute Gasteiger partial charge is 0.455 e. The molecule has 3 aromatic carbocycles. The van der Waals surface area contributed by atoms with Crippen LogP contribution in [0.4, 0.5) is 26.3 Å². The number of alkyl halides is 6. The average molecular weight is 599 g/mol.